The van der Waals surface area contributed by atoms with Crippen molar-refractivity contribution in [3.63, 3.8) is 0 Å². The second-order valence-electron chi connectivity index (χ2n) is 6.57. The zero-order chi connectivity index (χ0) is 17.7. The van der Waals surface area contributed by atoms with Gasteiger partial charge in [0.25, 0.3) is 5.91 Å². The van der Waals surface area contributed by atoms with Crippen LogP contribution in [0, 0.1) is 19.8 Å². The number of aromatic amines is 1. The lowest BCUT2D eigenvalue weighted by atomic mass is 9.89. The number of hydrogen-bond acceptors (Lipinski definition) is 4. The lowest BCUT2D eigenvalue weighted by molar-refractivity contribution is -0.124. The number of hydrogen-bond donors (Lipinski definition) is 2. The van der Waals surface area contributed by atoms with Crippen LogP contribution in [0.1, 0.15) is 71.1 Å². The lowest BCUT2D eigenvalue weighted by Gasteiger charge is -2.21. The highest BCUT2D eigenvalue weighted by atomic mass is 16.5. The highest BCUT2D eigenvalue weighted by Gasteiger charge is 2.21. The Labute approximate surface area is 142 Å². The van der Waals surface area contributed by atoms with Gasteiger partial charge < -0.3 is 15.0 Å². The Hall–Kier alpha value is -2.11. The van der Waals surface area contributed by atoms with E-state index < -0.39 is 5.97 Å². The molecule has 24 heavy (non-hydrogen) atoms. The number of carbonyl (C=O) groups is 3. The largest absolute Gasteiger partial charge is 0.451 e. The molecule has 0 saturated heterocycles. The van der Waals surface area contributed by atoms with E-state index in [4.69, 9.17) is 4.74 Å². The smallest absolute Gasteiger partial charge is 0.355 e. The molecule has 0 atom stereocenters. The van der Waals surface area contributed by atoms with Crippen molar-refractivity contribution in [2.75, 3.05) is 13.2 Å². The first-order chi connectivity index (χ1) is 11.4. The van der Waals surface area contributed by atoms with Crippen LogP contribution in [-0.4, -0.2) is 35.8 Å². The van der Waals surface area contributed by atoms with E-state index >= 15 is 0 Å². The molecule has 6 nitrogen and oxygen atoms in total. The fraction of sp³-hybridized carbons (Fsp3) is 0.611. The first-order valence-electron chi connectivity index (χ1n) is 8.54. The summed E-state index contributed by atoms with van der Waals surface area (Å²) in [7, 11) is 0. The van der Waals surface area contributed by atoms with Crippen LogP contribution in [0.25, 0.3) is 0 Å². The third-order valence-electron chi connectivity index (χ3n) is 4.64. The monoisotopic (exact) mass is 334 g/mol. The average Bonchev–Trinajstić information content (AvgIpc) is 2.86. The summed E-state index contributed by atoms with van der Waals surface area (Å²) in [6.07, 6.45) is 6.02. The molecule has 1 aromatic heterocycles. The molecule has 2 N–H and O–H groups in total. The molecule has 1 heterocycles. The summed E-state index contributed by atoms with van der Waals surface area (Å²) in [5, 5.41) is 2.83. The summed E-state index contributed by atoms with van der Waals surface area (Å²) in [5.41, 5.74) is 1.93. The molecule has 1 fully saturated rings. The summed E-state index contributed by atoms with van der Waals surface area (Å²) in [6.45, 7) is 5.22. The number of ketones is 1. The van der Waals surface area contributed by atoms with Crippen molar-refractivity contribution >= 4 is 17.7 Å². The molecule has 6 heteroatoms. The van der Waals surface area contributed by atoms with Gasteiger partial charge in [-0.05, 0) is 45.1 Å². The second kappa shape index (κ2) is 8.13. The van der Waals surface area contributed by atoms with E-state index in [2.05, 4.69) is 10.3 Å². The van der Waals surface area contributed by atoms with Crippen LogP contribution in [0.2, 0.25) is 0 Å². The Balaban J connectivity index is 1.83. The fourth-order valence-corrected chi connectivity index (χ4v) is 3.39. The number of nitrogens with one attached hydrogen (secondary N) is 2. The first kappa shape index (κ1) is 18.2. The van der Waals surface area contributed by atoms with Crippen molar-refractivity contribution in [3.8, 4) is 0 Å². The second-order valence-corrected chi connectivity index (χ2v) is 6.57. The molecule has 2 rings (SSSR count). The topological polar surface area (TPSA) is 88.3 Å². The van der Waals surface area contributed by atoms with Crippen LogP contribution in [0.5, 0.6) is 0 Å². The number of Topliss-reactive ketones (excluding diaryl/α,β-unsaturated/α-hetero) is 1. The summed E-state index contributed by atoms with van der Waals surface area (Å²) >= 11 is 0. The number of esters is 1. The van der Waals surface area contributed by atoms with Gasteiger partial charge in [-0.3, -0.25) is 9.59 Å². The molecule has 1 aliphatic rings. The standard InChI is InChI=1S/C18H26N2O4/c1-11-16(13(3)21)12(2)20-17(11)18(23)24-10-15(22)19-9-14-7-5-4-6-8-14/h14,20H,4-10H2,1-3H3,(H,19,22). The third-order valence-corrected chi connectivity index (χ3v) is 4.64. The number of aryl methyl sites for hydroxylation is 1. The fourth-order valence-electron chi connectivity index (χ4n) is 3.39. The SMILES string of the molecule is CC(=O)c1c(C)[nH]c(C(=O)OCC(=O)NCC2CCCCC2)c1C. The minimum Gasteiger partial charge on any atom is -0.451 e. The molecule has 1 saturated carbocycles. The molecule has 0 bridgehead atoms. The van der Waals surface area contributed by atoms with Gasteiger partial charge in [-0.2, -0.15) is 0 Å². The molecule has 1 aromatic rings. The Kier molecular flexibility index (Phi) is 6.17. The van der Waals surface area contributed by atoms with Crippen LogP contribution in [0.15, 0.2) is 0 Å². The van der Waals surface area contributed by atoms with Crippen molar-refractivity contribution < 1.29 is 19.1 Å². The number of H-pyrrole nitrogens is 1. The number of amides is 1. The van der Waals surface area contributed by atoms with Gasteiger partial charge in [0, 0.05) is 17.8 Å². The molecule has 132 valence electrons. The van der Waals surface area contributed by atoms with Crippen LogP contribution in [-0.2, 0) is 9.53 Å². The van der Waals surface area contributed by atoms with Crippen LogP contribution in [0.4, 0.5) is 0 Å². The van der Waals surface area contributed by atoms with E-state index in [1.807, 2.05) is 0 Å². The molecular weight excluding hydrogens is 308 g/mol. The predicted molar refractivity (Wildman–Crippen MR) is 90.1 cm³/mol. The van der Waals surface area contributed by atoms with E-state index in [9.17, 15) is 14.4 Å². The van der Waals surface area contributed by atoms with Gasteiger partial charge in [-0.1, -0.05) is 19.3 Å². The Morgan fingerprint density at radius 1 is 1.17 bits per heavy atom. The van der Waals surface area contributed by atoms with Gasteiger partial charge >= 0.3 is 5.97 Å². The average molecular weight is 334 g/mol. The zero-order valence-corrected chi connectivity index (χ0v) is 14.7. The van der Waals surface area contributed by atoms with E-state index in [0.29, 0.717) is 29.3 Å². The molecule has 0 aliphatic heterocycles. The lowest BCUT2D eigenvalue weighted by Crippen LogP contribution is -2.33. The van der Waals surface area contributed by atoms with Crippen molar-refractivity contribution in [2.45, 2.75) is 52.9 Å². The van der Waals surface area contributed by atoms with E-state index in [1.54, 1.807) is 13.8 Å². The van der Waals surface area contributed by atoms with E-state index in [0.717, 1.165) is 12.8 Å². The first-order valence-corrected chi connectivity index (χ1v) is 8.54. The molecular formula is C18H26N2O4. The van der Waals surface area contributed by atoms with Crippen LogP contribution in [0.3, 0.4) is 0 Å². The Bertz CT molecular complexity index is 627. The molecule has 0 radical (unpaired) electrons. The van der Waals surface area contributed by atoms with E-state index in [1.165, 1.54) is 26.2 Å². The van der Waals surface area contributed by atoms with Gasteiger partial charge in [-0.25, -0.2) is 4.79 Å². The highest BCUT2D eigenvalue weighted by Crippen LogP contribution is 2.22. The Morgan fingerprint density at radius 3 is 2.42 bits per heavy atom. The maximum Gasteiger partial charge on any atom is 0.355 e. The Morgan fingerprint density at radius 2 is 1.83 bits per heavy atom. The summed E-state index contributed by atoms with van der Waals surface area (Å²) in [4.78, 5) is 38.4. The number of aromatic nitrogens is 1. The number of carbonyl (C=O) groups excluding carboxylic acids is 3. The summed E-state index contributed by atoms with van der Waals surface area (Å²) in [6, 6.07) is 0. The van der Waals surface area contributed by atoms with E-state index in [-0.39, 0.29) is 24.0 Å². The van der Waals surface area contributed by atoms with Gasteiger partial charge in [0.2, 0.25) is 0 Å². The van der Waals surface area contributed by atoms with Gasteiger partial charge in [0.05, 0.1) is 0 Å². The van der Waals surface area contributed by atoms with Gasteiger partial charge in [0.15, 0.2) is 12.4 Å². The predicted octanol–water partition coefficient (Wildman–Crippen LogP) is 2.69. The molecule has 1 aliphatic carbocycles. The summed E-state index contributed by atoms with van der Waals surface area (Å²) in [5.74, 6) is -0.479. The molecule has 0 aromatic carbocycles. The normalized spacial score (nSPS) is 15.1. The minimum atomic E-state index is -0.615. The number of ether oxygens (including phenoxy) is 1. The van der Waals surface area contributed by atoms with Crippen LogP contribution < -0.4 is 5.32 Å². The quantitative estimate of drug-likeness (QED) is 0.618. The zero-order valence-electron chi connectivity index (χ0n) is 14.7. The van der Waals surface area contributed by atoms with Gasteiger partial charge in [0.1, 0.15) is 5.69 Å². The molecule has 1 amide bonds. The molecule has 0 spiro atoms. The van der Waals surface area contributed by atoms with Crippen molar-refractivity contribution in [3.05, 3.63) is 22.5 Å². The van der Waals surface area contributed by atoms with Crippen LogP contribution >= 0.6 is 0 Å². The maximum absolute atomic E-state index is 12.1. The minimum absolute atomic E-state index is 0.106. The number of rotatable bonds is 6. The highest BCUT2D eigenvalue weighted by molar-refractivity contribution is 6.01. The maximum atomic E-state index is 12.1. The third kappa shape index (κ3) is 4.46. The summed E-state index contributed by atoms with van der Waals surface area (Å²) < 4.78 is 5.07. The van der Waals surface area contributed by atoms with Crippen molar-refractivity contribution in [1.29, 1.82) is 0 Å². The van der Waals surface area contributed by atoms with Crippen molar-refractivity contribution in [2.24, 2.45) is 5.92 Å². The van der Waals surface area contributed by atoms with Gasteiger partial charge in [-0.15, -0.1) is 0 Å². The van der Waals surface area contributed by atoms with Crippen molar-refractivity contribution in [1.82, 2.24) is 10.3 Å². The molecule has 0 unspecified atom stereocenters.